The highest BCUT2D eigenvalue weighted by molar-refractivity contribution is 8.26. The number of morpholine rings is 1. The summed E-state index contributed by atoms with van der Waals surface area (Å²) in [6.45, 7) is 5.78. The van der Waals surface area contributed by atoms with E-state index in [0.29, 0.717) is 45.9 Å². The SMILES string of the molecule is CC1CN(c2nc3ccccn3c(=O)c2C=C2SC(=S)N(CCCc3ccccc3)C2=O)CC(C)O1. The van der Waals surface area contributed by atoms with Crippen LogP contribution in [0.25, 0.3) is 11.7 Å². The minimum atomic E-state index is -0.211. The highest BCUT2D eigenvalue weighted by Gasteiger charge is 2.33. The second-order valence-corrected chi connectivity index (χ2v) is 10.8. The molecule has 9 heteroatoms. The lowest BCUT2D eigenvalue weighted by Gasteiger charge is -2.36. The number of thiocarbonyl (C=S) groups is 1. The maximum Gasteiger partial charge on any atom is 0.267 e. The average molecular weight is 521 g/mol. The van der Waals surface area contributed by atoms with Gasteiger partial charge in [-0.15, -0.1) is 0 Å². The highest BCUT2D eigenvalue weighted by Crippen LogP contribution is 2.34. The number of carbonyl (C=O) groups excluding carboxylic acids is 1. The minimum Gasteiger partial charge on any atom is -0.372 e. The molecule has 2 aliphatic rings. The molecule has 7 nitrogen and oxygen atoms in total. The van der Waals surface area contributed by atoms with Gasteiger partial charge in [-0.25, -0.2) is 4.98 Å². The van der Waals surface area contributed by atoms with Gasteiger partial charge < -0.3 is 9.64 Å². The van der Waals surface area contributed by atoms with E-state index in [1.165, 1.54) is 21.7 Å². The number of amides is 1. The number of aromatic nitrogens is 2. The molecular formula is C27H28N4O3S2. The zero-order valence-electron chi connectivity index (χ0n) is 20.3. The quantitative estimate of drug-likeness (QED) is 0.357. The molecule has 2 aliphatic heterocycles. The van der Waals surface area contributed by atoms with Crippen molar-refractivity contribution in [2.75, 3.05) is 24.5 Å². The van der Waals surface area contributed by atoms with Gasteiger partial charge in [0, 0.05) is 25.8 Å². The van der Waals surface area contributed by atoms with E-state index in [4.69, 9.17) is 21.9 Å². The molecule has 186 valence electrons. The number of pyridine rings is 1. The Labute approximate surface area is 219 Å². The van der Waals surface area contributed by atoms with Gasteiger partial charge in [0.25, 0.3) is 11.5 Å². The van der Waals surface area contributed by atoms with Gasteiger partial charge in [-0.3, -0.25) is 18.9 Å². The molecule has 4 heterocycles. The molecule has 5 rings (SSSR count). The second-order valence-electron chi connectivity index (χ2n) is 9.17. The monoisotopic (exact) mass is 520 g/mol. The lowest BCUT2D eigenvalue weighted by atomic mass is 10.1. The van der Waals surface area contributed by atoms with Crippen LogP contribution < -0.4 is 10.5 Å². The van der Waals surface area contributed by atoms with E-state index in [1.807, 2.05) is 44.2 Å². The van der Waals surface area contributed by atoms with E-state index < -0.39 is 0 Å². The maximum atomic E-state index is 13.6. The molecule has 0 N–H and O–H groups in total. The Morgan fingerprint density at radius 3 is 2.56 bits per heavy atom. The van der Waals surface area contributed by atoms with E-state index in [9.17, 15) is 9.59 Å². The fourth-order valence-electron chi connectivity index (χ4n) is 4.72. The summed E-state index contributed by atoms with van der Waals surface area (Å²) in [5.74, 6) is 0.410. The summed E-state index contributed by atoms with van der Waals surface area (Å²) in [4.78, 5) is 35.9. The number of hydrogen-bond acceptors (Lipinski definition) is 7. The number of carbonyl (C=O) groups is 1. The summed E-state index contributed by atoms with van der Waals surface area (Å²) in [6, 6.07) is 15.7. The number of ether oxygens (including phenoxy) is 1. The van der Waals surface area contributed by atoms with Crippen LogP contribution in [0, 0.1) is 0 Å². The van der Waals surface area contributed by atoms with Crippen molar-refractivity contribution in [1.82, 2.24) is 14.3 Å². The van der Waals surface area contributed by atoms with Crippen molar-refractivity contribution in [2.24, 2.45) is 0 Å². The Hall–Kier alpha value is -3.01. The van der Waals surface area contributed by atoms with Gasteiger partial charge >= 0.3 is 0 Å². The molecule has 2 fully saturated rings. The van der Waals surface area contributed by atoms with Gasteiger partial charge in [0.1, 0.15) is 15.8 Å². The Balaban J connectivity index is 1.46. The van der Waals surface area contributed by atoms with Gasteiger partial charge in [0.15, 0.2) is 0 Å². The molecule has 2 unspecified atom stereocenters. The number of rotatable bonds is 6. The Bertz CT molecular complexity index is 1380. The Kier molecular flexibility index (Phi) is 7.22. The van der Waals surface area contributed by atoms with E-state index in [0.717, 1.165) is 12.8 Å². The van der Waals surface area contributed by atoms with E-state index in [1.54, 1.807) is 23.2 Å². The van der Waals surface area contributed by atoms with Crippen molar-refractivity contribution in [2.45, 2.75) is 38.9 Å². The molecule has 2 aromatic heterocycles. The number of fused-ring (bicyclic) bond motifs is 1. The third kappa shape index (κ3) is 5.09. The molecule has 0 radical (unpaired) electrons. The number of benzene rings is 1. The summed E-state index contributed by atoms with van der Waals surface area (Å²) in [6.07, 6.45) is 5.04. The summed E-state index contributed by atoms with van der Waals surface area (Å²) >= 11 is 6.78. The highest BCUT2D eigenvalue weighted by atomic mass is 32.2. The third-order valence-electron chi connectivity index (χ3n) is 6.31. The first-order chi connectivity index (χ1) is 17.4. The fraction of sp³-hybridized carbons (Fsp3) is 0.333. The van der Waals surface area contributed by atoms with Gasteiger partial charge in [-0.05, 0) is 50.5 Å². The molecule has 0 aliphatic carbocycles. The van der Waals surface area contributed by atoms with Crippen LogP contribution in [0.3, 0.4) is 0 Å². The van der Waals surface area contributed by atoms with Gasteiger partial charge in [-0.1, -0.05) is 60.4 Å². The molecule has 0 bridgehead atoms. The minimum absolute atomic E-state index is 0.000417. The standard InChI is InChI=1S/C27H28N4O3S2/c1-18-16-29(17-19(2)34-18)24-21(25(32)30-13-7-6-12-23(30)28-24)15-22-26(33)31(27(35)36-22)14-8-11-20-9-4-3-5-10-20/h3-7,9-10,12-13,15,18-19H,8,11,14,16-17H2,1-2H3. The number of hydrogen-bond donors (Lipinski definition) is 0. The summed E-state index contributed by atoms with van der Waals surface area (Å²) in [5.41, 5.74) is 1.98. The second kappa shape index (κ2) is 10.5. The van der Waals surface area contributed by atoms with Crippen molar-refractivity contribution >= 4 is 51.7 Å². The number of thioether (sulfide) groups is 1. The number of nitrogens with zero attached hydrogens (tertiary/aromatic N) is 4. The smallest absolute Gasteiger partial charge is 0.267 e. The molecule has 0 saturated carbocycles. The molecule has 0 spiro atoms. The maximum absolute atomic E-state index is 13.6. The van der Waals surface area contributed by atoms with Crippen LogP contribution in [0.4, 0.5) is 5.82 Å². The van der Waals surface area contributed by atoms with Gasteiger partial charge in [-0.2, -0.15) is 0 Å². The normalized spacial score (nSPS) is 21.7. The molecule has 3 aromatic rings. The molecule has 1 aromatic carbocycles. The summed E-state index contributed by atoms with van der Waals surface area (Å²) < 4.78 is 7.93. The van der Waals surface area contributed by atoms with Crippen LogP contribution in [0.5, 0.6) is 0 Å². The third-order valence-corrected chi connectivity index (χ3v) is 7.68. The molecule has 2 atom stereocenters. The van der Waals surface area contributed by atoms with Gasteiger partial charge in [0.05, 0.1) is 22.7 Å². The van der Waals surface area contributed by atoms with Crippen molar-refractivity contribution in [1.29, 1.82) is 0 Å². The topological polar surface area (TPSA) is 67.2 Å². The average Bonchev–Trinajstić information content (AvgIpc) is 3.13. The zero-order chi connectivity index (χ0) is 25.2. The summed E-state index contributed by atoms with van der Waals surface area (Å²) in [7, 11) is 0. The Morgan fingerprint density at radius 2 is 1.81 bits per heavy atom. The fourth-order valence-corrected chi connectivity index (χ4v) is 6.01. The first-order valence-corrected chi connectivity index (χ1v) is 13.3. The van der Waals surface area contributed by atoms with Crippen molar-refractivity contribution in [3.63, 3.8) is 0 Å². The van der Waals surface area contributed by atoms with E-state index >= 15 is 0 Å². The first-order valence-electron chi connectivity index (χ1n) is 12.1. The van der Waals surface area contributed by atoms with Crippen molar-refractivity contribution in [3.8, 4) is 0 Å². The van der Waals surface area contributed by atoms with Crippen LogP contribution in [0.15, 0.2) is 64.4 Å². The van der Waals surface area contributed by atoms with Crippen molar-refractivity contribution < 1.29 is 9.53 Å². The predicted molar refractivity (Wildman–Crippen MR) is 148 cm³/mol. The Morgan fingerprint density at radius 1 is 1.08 bits per heavy atom. The van der Waals surface area contributed by atoms with Crippen LogP contribution >= 0.6 is 24.0 Å². The first kappa shape index (κ1) is 24.7. The van der Waals surface area contributed by atoms with Gasteiger partial charge in [0.2, 0.25) is 0 Å². The largest absolute Gasteiger partial charge is 0.372 e. The number of anilines is 1. The van der Waals surface area contributed by atoms with E-state index in [-0.39, 0.29) is 23.7 Å². The number of aryl methyl sites for hydroxylation is 1. The zero-order valence-corrected chi connectivity index (χ0v) is 21.9. The molecule has 1 amide bonds. The summed E-state index contributed by atoms with van der Waals surface area (Å²) in [5, 5.41) is 0. The lowest BCUT2D eigenvalue weighted by Crippen LogP contribution is -2.46. The molecule has 2 saturated heterocycles. The van der Waals surface area contributed by atoms with Crippen LogP contribution in [-0.4, -0.2) is 56.4 Å². The van der Waals surface area contributed by atoms with Crippen LogP contribution in [-0.2, 0) is 16.0 Å². The molecule has 36 heavy (non-hydrogen) atoms. The molecular weight excluding hydrogens is 492 g/mol. The predicted octanol–water partition coefficient (Wildman–Crippen LogP) is 4.14. The lowest BCUT2D eigenvalue weighted by molar-refractivity contribution is -0.122. The van der Waals surface area contributed by atoms with Crippen molar-refractivity contribution in [3.05, 3.63) is 81.1 Å². The van der Waals surface area contributed by atoms with E-state index in [2.05, 4.69) is 17.0 Å². The van der Waals surface area contributed by atoms with Crippen LogP contribution in [0.1, 0.15) is 31.4 Å². The van der Waals surface area contributed by atoms with Crippen LogP contribution in [0.2, 0.25) is 0 Å².